The van der Waals surface area contributed by atoms with Crippen LogP contribution in [0.2, 0.25) is 5.04 Å². The Morgan fingerprint density at radius 3 is 1.79 bits per heavy atom. The summed E-state index contributed by atoms with van der Waals surface area (Å²) >= 11 is 0. The van der Waals surface area contributed by atoms with Gasteiger partial charge in [-0.05, 0) is 35.7 Å². The van der Waals surface area contributed by atoms with Crippen molar-refractivity contribution in [3.63, 3.8) is 0 Å². The van der Waals surface area contributed by atoms with Gasteiger partial charge in [-0.2, -0.15) is 0 Å². The quantitative estimate of drug-likeness (QED) is 0.315. The number of ketones is 1. The first kappa shape index (κ1) is 28.4. The number of aliphatic hydroxyl groups excluding tert-OH is 2. The van der Waals surface area contributed by atoms with Gasteiger partial charge in [-0.15, -0.1) is 0 Å². The normalized spacial score (nSPS) is 16.0. The Bertz CT molecular complexity index is 821. The number of aliphatic hydroxyl groups is 2. The number of Topliss-reactive ketones (excluding diaryl/α,β-unsaturated/α-hetero) is 1. The SMILES string of the molecule is CCCCCC[C@@H](C(=O)[C@H](C)O)[C@@H](O)[C@H](C)O[Si](c1ccccc1)(c1ccccc1)C(C)(C)C. The number of benzene rings is 2. The predicted molar refractivity (Wildman–Crippen MR) is 143 cm³/mol. The van der Waals surface area contributed by atoms with Gasteiger partial charge in [-0.1, -0.05) is 114 Å². The van der Waals surface area contributed by atoms with Crippen LogP contribution in [0.3, 0.4) is 0 Å². The summed E-state index contributed by atoms with van der Waals surface area (Å²) in [6.45, 7) is 12.1. The Labute approximate surface area is 207 Å². The topological polar surface area (TPSA) is 66.8 Å². The first-order valence-corrected chi connectivity index (χ1v) is 14.7. The fourth-order valence-corrected chi connectivity index (χ4v) is 9.66. The molecule has 0 unspecified atom stereocenters. The van der Waals surface area contributed by atoms with Crippen molar-refractivity contribution in [1.29, 1.82) is 0 Å². The second-order valence-corrected chi connectivity index (χ2v) is 14.8. The van der Waals surface area contributed by atoms with Gasteiger partial charge in [0.15, 0.2) is 5.78 Å². The van der Waals surface area contributed by atoms with Crippen LogP contribution < -0.4 is 10.4 Å². The molecular formula is C29H44O4Si. The lowest BCUT2D eigenvalue weighted by molar-refractivity contribution is -0.137. The molecule has 0 saturated heterocycles. The molecule has 0 saturated carbocycles. The zero-order chi connectivity index (χ0) is 25.4. The van der Waals surface area contributed by atoms with E-state index < -0.39 is 32.5 Å². The predicted octanol–water partition coefficient (Wildman–Crippen LogP) is 4.85. The number of rotatable bonds is 13. The molecule has 0 heterocycles. The van der Waals surface area contributed by atoms with Gasteiger partial charge in [-0.25, -0.2) is 0 Å². The van der Waals surface area contributed by atoms with Gasteiger partial charge in [0, 0.05) is 5.92 Å². The average molecular weight is 485 g/mol. The van der Waals surface area contributed by atoms with E-state index in [-0.39, 0.29) is 10.8 Å². The van der Waals surface area contributed by atoms with Crippen molar-refractivity contribution >= 4 is 24.5 Å². The number of carbonyl (C=O) groups is 1. The van der Waals surface area contributed by atoms with Gasteiger partial charge in [0.1, 0.15) is 6.10 Å². The monoisotopic (exact) mass is 484 g/mol. The lowest BCUT2D eigenvalue weighted by Gasteiger charge is -2.46. The van der Waals surface area contributed by atoms with E-state index in [4.69, 9.17) is 4.43 Å². The number of carbonyl (C=O) groups excluding carboxylic acids is 1. The zero-order valence-electron chi connectivity index (χ0n) is 21.8. The van der Waals surface area contributed by atoms with E-state index in [2.05, 4.69) is 52.0 Å². The highest BCUT2D eigenvalue weighted by atomic mass is 28.4. The van der Waals surface area contributed by atoms with Gasteiger partial charge in [0.05, 0.1) is 12.2 Å². The summed E-state index contributed by atoms with van der Waals surface area (Å²) in [6, 6.07) is 20.6. The van der Waals surface area contributed by atoms with E-state index in [9.17, 15) is 15.0 Å². The molecule has 5 heteroatoms. The van der Waals surface area contributed by atoms with Crippen molar-refractivity contribution in [1.82, 2.24) is 0 Å². The molecular weight excluding hydrogens is 440 g/mol. The molecule has 4 nitrogen and oxygen atoms in total. The van der Waals surface area contributed by atoms with Crippen LogP contribution >= 0.6 is 0 Å². The molecule has 2 rings (SSSR count). The highest BCUT2D eigenvalue weighted by molar-refractivity contribution is 6.99. The molecule has 0 spiro atoms. The van der Waals surface area contributed by atoms with Gasteiger partial charge in [-0.3, -0.25) is 4.79 Å². The number of hydrogen-bond acceptors (Lipinski definition) is 4. The Kier molecular flexibility index (Phi) is 10.7. The molecule has 0 aliphatic heterocycles. The van der Waals surface area contributed by atoms with Gasteiger partial charge in [0.25, 0.3) is 8.32 Å². The molecule has 0 aromatic heterocycles. The Morgan fingerprint density at radius 2 is 1.38 bits per heavy atom. The van der Waals surface area contributed by atoms with Crippen LogP contribution in [0.4, 0.5) is 0 Å². The maximum Gasteiger partial charge on any atom is 0.261 e. The molecule has 0 bridgehead atoms. The maximum atomic E-state index is 12.9. The third kappa shape index (κ3) is 6.66. The van der Waals surface area contributed by atoms with E-state index in [1.54, 1.807) is 0 Å². The lowest BCUT2D eigenvalue weighted by Crippen LogP contribution is -2.68. The minimum Gasteiger partial charge on any atom is -0.402 e. The van der Waals surface area contributed by atoms with Crippen LogP contribution in [0.1, 0.15) is 73.6 Å². The minimum atomic E-state index is -2.86. The first-order chi connectivity index (χ1) is 16.1. The second kappa shape index (κ2) is 12.8. The highest BCUT2D eigenvalue weighted by Gasteiger charge is 2.52. The van der Waals surface area contributed by atoms with Crippen LogP contribution in [-0.2, 0) is 9.22 Å². The van der Waals surface area contributed by atoms with Crippen molar-refractivity contribution in [3.8, 4) is 0 Å². The van der Waals surface area contributed by atoms with E-state index in [0.29, 0.717) is 6.42 Å². The van der Waals surface area contributed by atoms with Crippen molar-refractivity contribution in [2.45, 2.75) is 97.0 Å². The third-order valence-corrected chi connectivity index (χ3v) is 11.9. The number of unbranched alkanes of at least 4 members (excludes halogenated alkanes) is 3. The summed E-state index contributed by atoms with van der Waals surface area (Å²) in [5.41, 5.74) is 0. The largest absolute Gasteiger partial charge is 0.402 e. The lowest BCUT2D eigenvalue weighted by atomic mass is 9.87. The molecule has 0 amide bonds. The Hall–Kier alpha value is -1.79. The molecule has 0 aliphatic carbocycles. The van der Waals surface area contributed by atoms with Crippen LogP contribution in [0, 0.1) is 5.92 Å². The molecule has 2 N–H and O–H groups in total. The van der Waals surface area contributed by atoms with Crippen LogP contribution in [-0.4, -0.2) is 42.6 Å². The molecule has 4 atom stereocenters. The number of hydrogen-bond donors (Lipinski definition) is 2. The van der Waals surface area contributed by atoms with Gasteiger partial charge >= 0.3 is 0 Å². The fourth-order valence-electron chi connectivity index (χ4n) is 4.95. The van der Waals surface area contributed by atoms with Gasteiger partial charge in [0.2, 0.25) is 0 Å². The Morgan fingerprint density at radius 1 is 0.882 bits per heavy atom. The zero-order valence-corrected chi connectivity index (χ0v) is 22.8. The van der Waals surface area contributed by atoms with E-state index in [1.165, 1.54) is 6.92 Å². The van der Waals surface area contributed by atoms with Crippen molar-refractivity contribution < 1.29 is 19.4 Å². The molecule has 0 aliphatic rings. The molecule has 188 valence electrons. The summed E-state index contributed by atoms with van der Waals surface area (Å²) in [5.74, 6) is -0.952. The Balaban J connectivity index is 2.47. The summed E-state index contributed by atoms with van der Waals surface area (Å²) < 4.78 is 7.03. The summed E-state index contributed by atoms with van der Waals surface area (Å²) in [5, 5.41) is 23.5. The smallest absolute Gasteiger partial charge is 0.261 e. The molecule has 0 fully saturated rings. The standard InChI is InChI=1S/C29H44O4Si/c1-7-8-9-16-21-26(27(31)22(2)30)28(32)23(3)33-34(29(4,5)6,24-17-12-10-13-18-24)25-19-14-11-15-20-25/h10-15,17-20,22-23,26,28,30,32H,7-9,16,21H2,1-6H3/t22-,23-,26-,28-/m0/s1. The van der Waals surface area contributed by atoms with Crippen molar-refractivity contribution in [2.24, 2.45) is 5.92 Å². The fraction of sp³-hybridized carbons (Fsp3) is 0.552. The van der Waals surface area contributed by atoms with Crippen LogP contribution in [0.25, 0.3) is 0 Å². The average Bonchev–Trinajstić information content (AvgIpc) is 2.82. The summed E-state index contributed by atoms with van der Waals surface area (Å²) in [4.78, 5) is 12.9. The maximum absolute atomic E-state index is 12.9. The first-order valence-electron chi connectivity index (χ1n) is 12.7. The molecule has 2 aromatic rings. The minimum absolute atomic E-state index is 0.228. The van der Waals surface area contributed by atoms with Crippen LogP contribution in [0.15, 0.2) is 60.7 Å². The van der Waals surface area contributed by atoms with E-state index in [0.717, 1.165) is 36.1 Å². The molecule has 0 radical (unpaired) electrons. The van der Waals surface area contributed by atoms with Crippen molar-refractivity contribution in [3.05, 3.63) is 60.7 Å². The van der Waals surface area contributed by atoms with Gasteiger partial charge < -0.3 is 14.6 Å². The molecule has 34 heavy (non-hydrogen) atoms. The van der Waals surface area contributed by atoms with E-state index >= 15 is 0 Å². The third-order valence-electron chi connectivity index (χ3n) is 6.82. The van der Waals surface area contributed by atoms with E-state index in [1.807, 2.05) is 43.3 Å². The molecule has 2 aromatic carbocycles. The second-order valence-electron chi connectivity index (χ2n) is 10.5. The highest BCUT2D eigenvalue weighted by Crippen LogP contribution is 2.38. The summed E-state index contributed by atoms with van der Waals surface area (Å²) in [6.07, 6.45) is 1.93. The summed E-state index contributed by atoms with van der Waals surface area (Å²) in [7, 11) is -2.86. The van der Waals surface area contributed by atoms with Crippen molar-refractivity contribution in [2.75, 3.05) is 0 Å². The van der Waals surface area contributed by atoms with Crippen LogP contribution in [0.5, 0.6) is 0 Å².